The van der Waals surface area contributed by atoms with Gasteiger partial charge in [0.2, 0.25) is 0 Å². The Morgan fingerprint density at radius 2 is 1.95 bits per heavy atom. The number of nitrogens with two attached hydrogens (primary N) is 1. The molecule has 0 aromatic heterocycles. The van der Waals surface area contributed by atoms with Gasteiger partial charge in [-0.05, 0) is 38.3 Å². The molecule has 0 aliphatic heterocycles. The van der Waals surface area contributed by atoms with Crippen LogP contribution in [0.5, 0.6) is 0 Å². The van der Waals surface area contributed by atoms with Crippen LogP contribution in [0.4, 0.5) is 0 Å². The van der Waals surface area contributed by atoms with Crippen molar-refractivity contribution in [2.45, 2.75) is 51.4 Å². The number of hydrogen-bond acceptors (Lipinski definition) is 3. The predicted octanol–water partition coefficient (Wildman–Crippen LogP) is 4.06. The minimum Gasteiger partial charge on any atom is -0.379 e. The third kappa shape index (κ3) is 5.17. The highest BCUT2D eigenvalue weighted by Gasteiger charge is 2.23. The van der Waals surface area contributed by atoms with Gasteiger partial charge < -0.3 is 15.2 Å². The molecule has 1 aromatic rings. The first-order valence-electron chi connectivity index (χ1n) is 7.08. The third-order valence-electron chi connectivity index (χ3n) is 3.63. The summed E-state index contributed by atoms with van der Waals surface area (Å²) >= 11 is 3.58. The van der Waals surface area contributed by atoms with Crippen LogP contribution in [0.1, 0.15) is 45.3 Å². The van der Waals surface area contributed by atoms with Crippen LogP contribution in [-0.4, -0.2) is 25.4 Å². The van der Waals surface area contributed by atoms with Crippen LogP contribution in [0.2, 0.25) is 0 Å². The lowest BCUT2D eigenvalue weighted by Crippen LogP contribution is -2.32. The van der Waals surface area contributed by atoms with Gasteiger partial charge in [-0.2, -0.15) is 0 Å². The Hall–Kier alpha value is -0.420. The standard InChI is InChI=1S/C16H26BrNO2/c1-5-14(18)15(12-8-6-7-9-13(12)17)20-11-10-16(2,3)19-4/h6-9,14-15H,5,10-11,18H2,1-4H3. The summed E-state index contributed by atoms with van der Waals surface area (Å²) < 4.78 is 12.5. The Morgan fingerprint density at radius 1 is 1.30 bits per heavy atom. The second-order valence-corrected chi connectivity index (χ2v) is 6.45. The van der Waals surface area contributed by atoms with Crippen LogP contribution in [-0.2, 0) is 9.47 Å². The molecule has 3 nitrogen and oxygen atoms in total. The molecule has 0 aliphatic rings. The highest BCUT2D eigenvalue weighted by atomic mass is 79.9. The Balaban J connectivity index is 2.74. The fraction of sp³-hybridized carbons (Fsp3) is 0.625. The second-order valence-electron chi connectivity index (χ2n) is 5.60. The molecule has 0 amide bonds. The second kappa shape index (κ2) is 8.13. The molecule has 2 atom stereocenters. The zero-order chi connectivity index (χ0) is 15.2. The van der Waals surface area contributed by atoms with Crippen molar-refractivity contribution < 1.29 is 9.47 Å². The summed E-state index contributed by atoms with van der Waals surface area (Å²) in [5, 5.41) is 0. The number of methoxy groups -OCH3 is 1. The normalized spacial score (nSPS) is 15.1. The molecule has 0 aliphatic carbocycles. The Morgan fingerprint density at radius 3 is 2.50 bits per heavy atom. The zero-order valence-corrected chi connectivity index (χ0v) is 14.4. The largest absolute Gasteiger partial charge is 0.379 e. The van der Waals surface area contributed by atoms with E-state index in [9.17, 15) is 0 Å². The van der Waals surface area contributed by atoms with Crippen LogP contribution in [0.25, 0.3) is 0 Å². The first kappa shape index (κ1) is 17.6. The lowest BCUT2D eigenvalue weighted by Gasteiger charge is -2.28. The Bertz CT molecular complexity index is 409. The molecule has 4 heteroatoms. The maximum absolute atomic E-state index is 6.22. The van der Waals surface area contributed by atoms with Crippen molar-refractivity contribution >= 4 is 15.9 Å². The average molecular weight is 344 g/mol. The number of rotatable bonds is 8. The summed E-state index contributed by atoms with van der Waals surface area (Å²) in [5.74, 6) is 0. The van der Waals surface area contributed by atoms with Crippen molar-refractivity contribution in [2.24, 2.45) is 5.73 Å². The van der Waals surface area contributed by atoms with E-state index < -0.39 is 0 Å². The van der Waals surface area contributed by atoms with Crippen LogP contribution in [0.3, 0.4) is 0 Å². The molecular formula is C16H26BrNO2. The third-order valence-corrected chi connectivity index (χ3v) is 4.35. The van der Waals surface area contributed by atoms with E-state index in [1.807, 2.05) is 18.2 Å². The number of ether oxygens (including phenoxy) is 2. The van der Waals surface area contributed by atoms with E-state index in [2.05, 4.69) is 42.8 Å². The summed E-state index contributed by atoms with van der Waals surface area (Å²) in [5.41, 5.74) is 7.16. The van der Waals surface area contributed by atoms with E-state index in [1.54, 1.807) is 7.11 Å². The highest BCUT2D eigenvalue weighted by Crippen LogP contribution is 2.29. The van der Waals surface area contributed by atoms with Gasteiger partial charge >= 0.3 is 0 Å². The summed E-state index contributed by atoms with van der Waals surface area (Å²) in [4.78, 5) is 0. The number of hydrogen-bond donors (Lipinski definition) is 1. The molecule has 20 heavy (non-hydrogen) atoms. The van der Waals surface area contributed by atoms with Crippen LogP contribution in [0, 0.1) is 0 Å². The molecule has 0 spiro atoms. The first-order chi connectivity index (χ1) is 9.41. The minimum atomic E-state index is -0.172. The summed E-state index contributed by atoms with van der Waals surface area (Å²) in [6, 6.07) is 8.08. The molecule has 0 heterocycles. The van der Waals surface area contributed by atoms with Gasteiger partial charge in [0, 0.05) is 17.6 Å². The van der Waals surface area contributed by atoms with Crippen LogP contribution < -0.4 is 5.73 Å². The van der Waals surface area contributed by atoms with Crippen LogP contribution >= 0.6 is 15.9 Å². The molecule has 2 N–H and O–H groups in total. The lowest BCUT2D eigenvalue weighted by atomic mass is 10.0. The summed E-state index contributed by atoms with van der Waals surface area (Å²) in [6.45, 7) is 6.82. The van der Waals surface area contributed by atoms with Crippen molar-refractivity contribution in [3.63, 3.8) is 0 Å². The summed E-state index contributed by atoms with van der Waals surface area (Å²) in [6.07, 6.45) is 1.61. The lowest BCUT2D eigenvalue weighted by molar-refractivity contribution is -0.0334. The fourth-order valence-electron chi connectivity index (χ4n) is 1.90. The maximum atomic E-state index is 6.22. The van der Waals surface area contributed by atoms with Gasteiger partial charge in [-0.25, -0.2) is 0 Å². The van der Waals surface area contributed by atoms with Gasteiger partial charge in [0.1, 0.15) is 0 Å². The zero-order valence-electron chi connectivity index (χ0n) is 12.9. The SMILES string of the molecule is CCC(N)C(OCCC(C)(C)OC)c1ccccc1Br. The van der Waals surface area contributed by atoms with Crippen molar-refractivity contribution in [1.82, 2.24) is 0 Å². The summed E-state index contributed by atoms with van der Waals surface area (Å²) in [7, 11) is 1.73. The van der Waals surface area contributed by atoms with Gasteiger partial charge in [-0.15, -0.1) is 0 Å². The van der Waals surface area contributed by atoms with E-state index >= 15 is 0 Å². The van der Waals surface area contributed by atoms with E-state index in [0.717, 1.165) is 22.9 Å². The molecule has 0 saturated heterocycles. The highest BCUT2D eigenvalue weighted by molar-refractivity contribution is 9.10. The molecule has 0 radical (unpaired) electrons. The topological polar surface area (TPSA) is 44.5 Å². The van der Waals surface area contributed by atoms with Crippen molar-refractivity contribution in [1.29, 1.82) is 0 Å². The van der Waals surface area contributed by atoms with Gasteiger partial charge in [-0.3, -0.25) is 0 Å². The quantitative estimate of drug-likeness (QED) is 0.773. The van der Waals surface area contributed by atoms with Gasteiger partial charge in [0.25, 0.3) is 0 Å². The molecule has 2 unspecified atom stereocenters. The van der Waals surface area contributed by atoms with E-state index in [4.69, 9.17) is 15.2 Å². The van der Waals surface area contributed by atoms with Crippen molar-refractivity contribution in [3.8, 4) is 0 Å². The smallest absolute Gasteiger partial charge is 0.0986 e. The van der Waals surface area contributed by atoms with E-state index in [0.29, 0.717) is 6.61 Å². The molecule has 0 saturated carbocycles. The molecule has 0 fully saturated rings. The van der Waals surface area contributed by atoms with Gasteiger partial charge in [0.05, 0.1) is 18.3 Å². The average Bonchev–Trinajstić information content (AvgIpc) is 2.44. The van der Waals surface area contributed by atoms with Crippen molar-refractivity contribution in [2.75, 3.05) is 13.7 Å². The Kier molecular flexibility index (Phi) is 7.17. The fourth-order valence-corrected chi connectivity index (χ4v) is 2.41. The molecule has 114 valence electrons. The van der Waals surface area contributed by atoms with E-state index in [1.165, 1.54) is 0 Å². The molecule has 0 bridgehead atoms. The van der Waals surface area contributed by atoms with Gasteiger partial charge in [-0.1, -0.05) is 41.1 Å². The number of halogens is 1. The minimum absolute atomic E-state index is 0.0145. The van der Waals surface area contributed by atoms with E-state index in [-0.39, 0.29) is 17.7 Å². The molecule has 1 rings (SSSR count). The maximum Gasteiger partial charge on any atom is 0.0986 e. The first-order valence-corrected chi connectivity index (χ1v) is 7.87. The van der Waals surface area contributed by atoms with Gasteiger partial charge in [0.15, 0.2) is 0 Å². The predicted molar refractivity (Wildman–Crippen MR) is 86.8 cm³/mol. The Labute approximate surface area is 131 Å². The molecular weight excluding hydrogens is 318 g/mol. The molecule has 1 aromatic carbocycles. The van der Waals surface area contributed by atoms with Crippen molar-refractivity contribution in [3.05, 3.63) is 34.3 Å². The van der Waals surface area contributed by atoms with Crippen LogP contribution in [0.15, 0.2) is 28.7 Å². The number of benzene rings is 1. The monoisotopic (exact) mass is 343 g/mol.